The average Bonchev–Trinajstić information content (AvgIpc) is 2.03. The van der Waals surface area contributed by atoms with Gasteiger partial charge >= 0.3 is 0 Å². The topological polar surface area (TPSA) is 66.9 Å². The van der Waals surface area contributed by atoms with E-state index >= 15 is 0 Å². The number of rotatable bonds is 1. The summed E-state index contributed by atoms with van der Waals surface area (Å²) in [6, 6.07) is 4.44. The molecular weight excluding hydrogens is 211 g/mol. The molecule has 1 aromatic rings. The van der Waals surface area contributed by atoms with Crippen LogP contribution in [0.2, 0.25) is 10.0 Å². The number of halogens is 2. The van der Waals surface area contributed by atoms with E-state index < -0.39 is 5.91 Å². The van der Waals surface area contributed by atoms with Crippen LogP contribution < -0.4 is 5.73 Å². The lowest BCUT2D eigenvalue weighted by atomic mass is 10.1. The number of nitrogens with two attached hydrogens (primary N) is 1. The van der Waals surface area contributed by atoms with Crippen LogP contribution in [0.3, 0.4) is 0 Å². The minimum Gasteiger partial charge on any atom is -0.366 e. The minimum absolute atomic E-state index is 0.129. The van der Waals surface area contributed by atoms with Crippen LogP contribution in [0.4, 0.5) is 0 Å². The molecule has 1 rings (SSSR count). The molecular formula is C8H4Cl2N2O. The standard InChI is InChI=1S/C8H4Cl2N2O/c9-6-1-4(8(12)13)2-7(10)5(6)3-11/h1-2H,(H2,12,13). The van der Waals surface area contributed by atoms with Crippen LogP contribution >= 0.6 is 23.2 Å². The molecule has 0 heterocycles. The Labute approximate surface area is 84.7 Å². The summed E-state index contributed by atoms with van der Waals surface area (Å²) in [6.45, 7) is 0. The van der Waals surface area contributed by atoms with Crippen LogP contribution in [0.5, 0.6) is 0 Å². The van der Waals surface area contributed by atoms with Crippen LogP contribution in [0.1, 0.15) is 15.9 Å². The Bertz CT molecular complexity index is 386. The van der Waals surface area contributed by atoms with Crippen molar-refractivity contribution < 1.29 is 4.79 Å². The van der Waals surface area contributed by atoms with Gasteiger partial charge in [0, 0.05) is 5.56 Å². The number of hydrogen-bond donors (Lipinski definition) is 1. The zero-order valence-electron chi connectivity index (χ0n) is 6.34. The molecule has 1 aromatic carbocycles. The second-order valence-corrected chi connectivity index (χ2v) is 3.11. The van der Waals surface area contributed by atoms with Gasteiger partial charge in [0.05, 0.1) is 15.6 Å². The zero-order chi connectivity index (χ0) is 10.0. The van der Waals surface area contributed by atoms with Crippen molar-refractivity contribution in [2.75, 3.05) is 0 Å². The van der Waals surface area contributed by atoms with Crippen molar-refractivity contribution in [3.63, 3.8) is 0 Å². The first-order valence-electron chi connectivity index (χ1n) is 3.25. The minimum atomic E-state index is -0.631. The van der Waals surface area contributed by atoms with Crippen LogP contribution in [-0.4, -0.2) is 5.91 Å². The van der Waals surface area contributed by atoms with Crippen molar-refractivity contribution in [1.29, 1.82) is 5.26 Å². The second-order valence-electron chi connectivity index (χ2n) is 2.29. The van der Waals surface area contributed by atoms with Gasteiger partial charge in [0.15, 0.2) is 0 Å². The Hall–Kier alpha value is -1.24. The van der Waals surface area contributed by atoms with Crippen molar-refractivity contribution in [2.45, 2.75) is 0 Å². The Kier molecular flexibility index (Phi) is 2.76. The predicted octanol–water partition coefficient (Wildman–Crippen LogP) is 1.96. The molecule has 0 radical (unpaired) electrons. The highest BCUT2D eigenvalue weighted by Crippen LogP contribution is 2.25. The zero-order valence-corrected chi connectivity index (χ0v) is 7.86. The number of carbonyl (C=O) groups is 1. The van der Waals surface area contributed by atoms with E-state index in [0.717, 1.165) is 0 Å². The van der Waals surface area contributed by atoms with E-state index in [2.05, 4.69) is 0 Å². The fourth-order valence-electron chi connectivity index (χ4n) is 0.822. The number of nitriles is 1. The predicted molar refractivity (Wildman–Crippen MR) is 49.7 cm³/mol. The summed E-state index contributed by atoms with van der Waals surface area (Å²) >= 11 is 11.3. The molecule has 0 aliphatic heterocycles. The number of primary amides is 1. The molecule has 0 bridgehead atoms. The van der Waals surface area contributed by atoms with Crippen LogP contribution in [-0.2, 0) is 0 Å². The molecule has 5 heteroatoms. The maximum absolute atomic E-state index is 10.7. The maximum atomic E-state index is 10.7. The molecule has 66 valence electrons. The lowest BCUT2D eigenvalue weighted by Gasteiger charge is -2.00. The van der Waals surface area contributed by atoms with Gasteiger partial charge in [0.25, 0.3) is 0 Å². The van der Waals surface area contributed by atoms with Crippen LogP contribution in [0, 0.1) is 11.3 Å². The highest BCUT2D eigenvalue weighted by Gasteiger charge is 2.09. The van der Waals surface area contributed by atoms with E-state index in [9.17, 15) is 4.79 Å². The quantitative estimate of drug-likeness (QED) is 0.777. The molecule has 0 aliphatic rings. The van der Waals surface area contributed by atoms with Crippen LogP contribution in [0.15, 0.2) is 12.1 Å². The lowest BCUT2D eigenvalue weighted by Crippen LogP contribution is -2.10. The fraction of sp³-hybridized carbons (Fsp3) is 0. The summed E-state index contributed by atoms with van der Waals surface area (Å²) in [5.41, 5.74) is 5.34. The molecule has 13 heavy (non-hydrogen) atoms. The van der Waals surface area contributed by atoms with Gasteiger partial charge in [0.1, 0.15) is 6.07 Å². The first kappa shape index (κ1) is 9.85. The van der Waals surface area contributed by atoms with Gasteiger partial charge in [-0.3, -0.25) is 4.79 Å². The van der Waals surface area contributed by atoms with Crippen molar-refractivity contribution in [3.8, 4) is 6.07 Å². The Morgan fingerprint density at radius 2 is 1.85 bits per heavy atom. The summed E-state index contributed by atoms with van der Waals surface area (Å²) in [6.07, 6.45) is 0. The molecule has 0 atom stereocenters. The molecule has 2 N–H and O–H groups in total. The second kappa shape index (κ2) is 3.65. The Morgan fingerprint density at radius 1 is 1.38 bits per heavy atom. The first-order valence-corrected chi connectivity index (χ1v) is 4.01. The molecule has 1 amide bonds. The normalized spacial score (nSPS) is 9.31. The number of benzene rings is 1. The Morgan fingerprint density at radius 3 is 2.15 bits per heavy atom. The van der Waals surface area contributed by atoms with Gasteiger partial charge < -0.3 is 5.73 Å². The molecule has 0 aliphatic carbocycles. The van der Waals surface area contributed by atoms with Crippen molar-refractivity contribution in [2.24, 2.45) is 5.73 Å². The molecule has 0 saturated carbocycles. The molecule has 0 aromatic heterocycles. The molecule has 0 saturated heterocycles. The van der Waals surface area contributed by atoms with Crippen LogP contribution in [0.25, 0.3) is 0 Å². The maximum Gasteiger partial charge on any atom is 0.248 e. The largest absolute Gasteiger partial charge is 0.366 e. The van der Waals surface area contributed by atoms with E-state index in [1.54, 1.807) is 0 Å². The summed E-state index contributed by atoms with van der Waals surface area (Å²) < 4.78 is 0. The first-order chi connectivity index (χ1) is 6.06. The van der Waals surface area contributed by atoms with Gasteiger partial charge in [-0.2, -0.15) is 5.26 Å². The van der Waals surface area contributed by atoms with E-state index in [4.69, 9.17) is 34.2 Å². The number of amides is 1. The summed E-state index contributed by atoms with van der Waals surface area (Å²) in [7, 11) is 0. The Balaban J connectivity index is 3.39. The third-order valence-electron chi connectivity index (χ3n) is 1.44. The van der Waals surface area contributed by atoms with Crippen molar-refractivity contribution in [1.82, 2.24) is 0 Å². The van der Waals surface area contributed by atoms with E-state index in [-0.39, 0.29) is 21.2 Å². The summed E-state index contributed by atoms with van der Waals surface area (Å²) in [5.74, 6) is -0.631. The smallest absolute Gasteiger partial charge is 0.248 e. The third-order valence-corrected chi connectivity index (χ3v) is 2.03. The third kappa shape index (κ3) is 1.92. The monoisotopic (exact) mass is 214 g/mol. The number of hydrogen-bond acceptors (Lipinski definition) is 2. The molecule has 0 unspecified atom stereocenters. The van der Waals surface area contributed by atoms with Crippen molar-refractivity contribution >= 4 is 29.1 Å². The van der Waals surface area contributed by atoms with Gasteiger partial charge in [-0.15, -0.1) is 0 Å². The van der Waals surface area contributed by atoms with Gasteiger partial charge in [-0.05, 0) is 12.1 Å². The highest BCUT2D eigenvalue weighted by molar-refractivity contribution is 6.37. The van der Waals surface area contributed by atoms with Gasteiger partial charge in [0.2, 0.25) is 5.91 Å². The van der Waals surface area contributed by atoms with Gasteiger partial charge in [-0.25, -0.2) is 0 Å². The number of nitrogens with zero attached hydrogens (tertiary/aromatic N) is 1. The molecule has 0 spiro atoms. The van der Waals surface area contributed by atoms with Gasteiger partial charge in [-0.1, -0.05) is 23.2 Å². The molecule has 3 nitrogen and oxygen atoms in total. The average molecular weight is 215 g/mol. The summed E-state index contributed by atoms with van der Waals surface area (Å²) in [5, 5.41) is 8.85. The molecule has 0 fully saturated rings. The van der Waals surface area contributed by atoms with E-state index in [1.807, 2.05) is 6.07 Å². The van der Waals surface area contributed by atoms with E-state index in [0.29, 0.717) is 0 Å². The lowest BCUT2D eigenvalue weighted by molar-refractivity contribution is 0.100. The number of carbonyl (C=O) groups excluding carboxylic acids is 1. The summed E-state index contributed by atoms with van der Waals surface area (Å²) in [4.78, 5) is 10.7. The SMILES string of the molecule is N#Cc1c(Cl)cc(C(N)=O)cc1Cl. The fourth-order valence-corrected chi connectivity index (χ4v) is 1.39. The van der Waals surface area contributed by atoms with E-state index in [1.165, 1.54) is 12.1 Å². The van der Waals surface area contributed by atoms with Crippen molar-refractivity contribution in [3.05, 3.63) is 33.3 Å². The highest BCUT2D eigenvalue weighted by atomic mass is 35.5.